The first kappa shape index (κ1) is 21.7. The lowest BCUT2D eigenvalue weighted by atomic mass is 10.0. The average molecular weight is 411 g/mol. The second kappa shape index (κ2) is 9.20. The van der Waals surface area contributed by atoms with Crippen molar-refractivity contribution in [2.24, 2.45) is 0 Å². The van der Waals surface area contributed by atoms with E-state index >= 15 is 0 Å². The number of fused-ring (bicyclic) bond motifs is 3. The molecule has 0 unspecified atom stereocenters. The van der Waals surface area contributed by atoms with E-state index in [-0.39, 0.29) is 5.97 Å². The molecule has 0 bridgehead atoms. The van der Waals surface area contributed by atoms with Crippen LogP contribution in [0.25, 0.3) is 21.9 Å². The molecule has 3 rings (SSSR count). The van der Waals surface area contributed by atoms with Gasteiger partial charge in [0, 0.05) is 23.7 Å². The monoisotopic (exact) mass is 411 g/mol. The number of rotatable bonds is 7. The zero-order valence-electron chi connectivity index (χ0n) is 18.0. The minimum absolute atomic E-state index is 0.209. The number of furan rings is 1. The number of hydrogen-bond donors (Lipinski definition) is 1. The van der Waals surface area contributed by atoms with Crippen LogP contribution >= 0.6 is 0 Å². The quantitative estimate of drug-likeness (QED) is 0.544. The number of ether oxygens (including phenoxy) is 2. The van der Waals surface area contributed by atoms with Crippen molar-refractivity contribution in [2.45, 2.75) is 52.6 Å². The molecule has 1 N–H and O–H groups in total. The van der Waals surface area contributed by atoms with E-state index in [2.05, 4.69) is 5.32 Å². The van der Waals surface area contributed by atoms with Crippen LogP contribution in [0.4, 0.5) is 4.79 Å². The number of benzene rings is 2. The van der Waals surface area contributed by atoms with Gasteiger partial charge in [0.2, 0.25) is 0 Å². The van der Waals surface area contributed by atoms with E-state index in [0.29, 0.717) is 32.4 Å². The summed E-state index contributed by atoms with van der Waals surface area (Å²) in [5.41, 5.74) is 3.07. The highest BCUT2D eigenvalue weighted by Gasteiger charge is 2.17. The molecule has 0 radical (unpaired) electrons. The second-order valence-electron chi connectivity index (χ2n) is 8.17. The molecule has 0 saturated carbocycles. The number of aryl methyl sites for hydroxylation is 1. The van der Waals surface area contributed by atoms with Crippen LogP contribution in [0.1, 0.15) is 45.2 Å². The van der Waals surface area contributed by atoms with Crippen molar-refractivity contribution < 1.29 is 23.5 Å². The highest BCUT2D eigenvalue weighted by atomic mass is 16.6. The van der Waals surface area contributed by atoms with E-state index in [4.69, 9.17) is 13.9 Å². The molecule has 6 nitrogen and oxygen atoms in total. The predicted octanol–water partition coefficient (Wildman–Crippen LogP) is 5.15. The minimum Gasteiger partial charge on any atom is -0.466 e. The molecule has 0 aliphatic rings. The summed E-state index contributed by atoms with van der Waals surface area (Å²) in [7, 11) is 0. The summed E-state index contributed by atoms with van der Waals surface area (Å²) in [5.74, 6) is -0.209. The Hall–Kier alpha value is -3.02. The average Bonchev–Trinajstić information content (AvgIpc) is 3.05. The zero-order chi connectivity index (χ0) is 21.7. The Kier molecular flexibility index (Phi) is 6.65. The molecule has 0 aliphatic heterocycles. The fourth-order valence-electron chi connectivity index (χ4n) is 3.41. The Morgan fingerprint density at radius 2 is 1.57 bits per heavy atom. The Balaban J connectivity index is 1.79. The summed E-state index contributed by atoms with van der Waals surface area (Å²) in [6.45, 7) is 8.13. The van der Waals surface area contributed by atoms with Gasteiger partial charge in [0.1, 0.15) is 16.8 Å². The third kappa shape index (κ3) is 5.32. The number of carbonyl (C=O) groups excluding carboxylic acids is 2. The van der Waals surface area contributed by atoms with Gasteiger partial charge >= 0.3 is 12.1 Å². The topological polar surface area (TPSA) is 77.8 Å². The van der Waals surface area contributed by atoms with Crippen LogP contribution < -0.4 is 5.32 Å². The van der Waals surface area contributed by atoms with E-state index in [1.807, 2.05) is 57.2 Å². The van der Waals surface area contributed by atoms with Crippen LogP contribution in [-0.2, 0) is 27.1 Å². The van der Waals surface area contributed by atoms with Crippen molar-refractivity contribution in [2.75, 3.05) is 13.2 Å². The summed E-state index contributed by atoms with van der Waals surface area (Å²) in [4.78, 5) is 23.6. The van der Waals surface area contributed by atoms with Gasteiger partial charge in [0.15, 0.2) is 0 Å². The first-order valence-electron chi connectivity index (χ1n) is 10.3. The molecule has 2 aromatic carbocycles. The first-order valence-corrected chi connectivity index (χ1v) is 10.3. The van der Waals surface area contributed by atoms with Crippen molar-refractivity contribution in [1.82, 2.24) is 5.32 Å². The van der Waals surface area contributed by atoms with Crippen LogP contribution in [0.15, 0.2) is 40.8 Å². The number of hydrogen-bond acceptors (Lipinski definition) is 5. The molecule has 0 aliphatic carbocycles. The lowest BCUT2D eigenvalue weighted by Crippen LogP contribution is -2.33. The van der Waals surface area contributed by atoms with Crippen molar-refractivity contribution in [3.05, 3.63) is 47.5 Å². The molecule has 160 valence electrons. The molecular weight excluding hydrogens is 382 g/mol. The fraction of sp³-hybridized carbons (Fsp3) is 0.417. The normalized spacial score (nSPS) is 11.6. The maximum absolute atomic E-state index is 11.9. The van der Waals surface area contributed by atoms with Crippen molar-refractivity contribution in [3.8, 4) is 0 Å². The lowest BCUT2D eigenvalue weighted by molar-refractivity contribution is -0.143. The van der Waals surface area contributed by atoms with Gasteiger partial charge in [-0.1, -0.05) is 36.4 Å². The van der Waals surface area contributed by atoms with E-state index in [1.54, 1.807) is 6.92 Å². The molecule has 0 spiro atoms. The molecule has 0 fully saturated rings. The third-order valence-corrected chi connectivity index (χ3v) is 4.65. The van der Waals surface area contributed by atoms with Gasteiger partial charge in [-0.2, -0.15) is 0 Å². The maximum atomic E-state index is 11.9. The highest BCUT2D eigenvalue weighted by molar-refractivity contribution is 6.06. The van der Waals surface area contributed by atoms with Crippen LogP contribution in [0, 0.1) is 0 Å². The van der Waals surface area contributed by atoms with E-state index in [9.17, 15) is 9.59 Å². The smallest absolute Gasteiger partial charge is 0.407 e. The Labute approximate surface area is 176 Å². The molecule has 3 aromatic rings. The van der Waals surface area contributed by atoms with Gasteiger partial charge in [-0.15, -0.1) is 0 Å². The molecule has 1 amide bonds. The number of alkyl carbamates (subject to hydrolysis) is 1. The molecule has 6 heteroatoms. The van der Waals surface area contributed by atoms with Gasteiger partial charge < -0.3 is 19.2 Å². The molecular formula is C24H29NO5. The SMILES string of the molecule is CCOC(=O)CCc1cccc2c1oc1c(CCNC(=O)OC(C)(C)C)cccc12. The summed E-state index contributed by atoms with van der Waals surface area (Å²) < 4.78 is 16.6. The predicted molar refractivity (Wildman–Crippen MR) is 117 cm³/mol. The number of carbonyl (C=O) groups is 2. The Morgan fingerprint density at radius 3 is 2.13 bits per heavy atom. The number of nitrogens with one attached hydrogen (secondary N) is 1. The fourth-order valence-corrected chi connectivity index (χ4v) is 3.41. The van der Waals surface area contributed by atoms with Crippen molar-refractivity contribution in [3.63, 3.8) is 0 Å². The van der Waals surface area contributed by atoms with Crippen LogP contribution in [0.3, 0.4) is 0 Å². The van der Waals surface area contributed by atoms with E-state index in [1.165, 1.54) is 0 Å². The lowest BCUT2D eigenvalue weighted by Gasteiger charge is -2.19. The summed E-state index contributed by atoms with van der Waals surface area (Å²) >= 11 is 0. The number of esters is 1. The highest BCUT2D eigenvalue weighted by Crippen LogP contribution is 2.33. The Bertz CT molecular complexity index is 1040. The van der Waals surface area contributed by atoms with E-state index in [0.717, 1.165) is 33.1 Å². The molecule has 1 heterocycles. The van der Waals surface area contributed by atoms with Crippen molar-refractivity contribution in [1.29, 1.82) is 0 Å². The Morgan fingerprint density at radius 1 is 0.967 bits per heavy atom. The summed E-state index contributed by atoms with van der Waals surface area (Å²) in [6.07, 6.45) is 1.07. The molecule has 0 atom stereocenters. The van der Waals surface area contributed by atoms with Crippen LogP contribution in [-0.4, -0.2) is 30.8 Å². The summed E-state index contributed by atoms with van der Waals surface area (Å²) in [5, 5.41) is 4.84. The molecule has 1 aromatic heterocycles. The van der Waals surface area contributed by atoms with Gasteiger partial charge in [-0.3, -0.25) is 4.79 Å². The first-order chi connectivity index (χ1) is 14.3. The van der Waals surface area contributed by atoms with Gasteiger partial charge in [0.25, 0.3) is 0 Å². The molecule has 30 heavy (non-hydrogen) atoms. The molecule has 0 saturated heterocycles. The standard InChI is InChI=1S/C24H29NO5/c1-5-28-20(26)13-12-16-8-6-10-18-19-11-7-9-17(22(19)29-21(16)18)14-15-25-23(27)30-24(2,3)4/h6-11H,5,12-15H2,1-4H3,(H,25,27). The second-order valence-corrected chi connectivity index (χ2v) is 8.17. The van der Waals surface area contributed by atoms with Crippen molar-refractivity contribution >= 4 is 34.0 Å². The van der Waals surface area contributed by atoms with Gasteiger partial charge in [-0.25, -0.2) is 4.79 Å². The minimum atomic E-state index is -0.525. The number of amides is 1. The van der Waals surface area contributed by atoms with Crippen LogP contribution in [0.2, 0.25) is 0 Å². The van der Waals surface area contributed by atoms with Gasteiger partial charge in [0.05, 0.1) is 6.61 Å². The number of para-hydroxylation sites is 2. The zero-order valence-corrected chi connectivity index (χ0v) is 18.0. The van der Waals surface area contributed by atoms with Crippen LogP contribution in [0.5, 0.6) is 0 Å². The van der Waals surface area contributed by atoms with Gasteiger partial charge in [-0.05, 0) is 51.7 Å². The van der Waals surface area contributed by atoms with E-state index < -0.39 is 11.7 Å². The third-order valence-electron chi connectivity index (χ3n) is 4.65. The summed E-state index contributed by atoms with van der Waals surface area (Å²) in [6, 6.07) is 12.0. The largest absolute Gasteiger partial charge is 0.466 e. The maximum Gasteiger partial charge on any atom is 0.407 e.